The van der Waals surface area contributed by atoms with Crippen molar-refractivity contribution < 1.29 is 27.2 Å². The number of esters is 1. The summed E-state index contributed by atoms with van der Waals surface area (Å²) in [6.07, 6.45) is 0.494. The van der Waals surface area contributed by atoms with Gasteiger partial charge in [0.25, 0.3) is 0 Å². The molecule has 0 aromatic rings. The highest BCUT2D eigenvalue weighted by molar-refractivity contribution is 7.91. The number of carbonyl (C=O) groups excluding carboxylic acids is 2. The van der Waals surface area contributed by atoms with Crippen LogP contribution in [0.25, 0.3) is 0 Å². The summed E-state index contributed by atoms with van der Waals surface area (Å²) in [4.78, 5) is 26.1. The zero-order chi connectivity index (χ0) is 21.5. The monoisotopic (exact) mass is 419 g/mol. The predicted octanol–water partition coefficient (Wildman–Crippen LogP) is 2.69. The molecule has 1 aliphatic rings. The molecule has 0 saturated carbocycles. The van der Waals surface area contributed by atoms with E-state index in [2.05, 4.69) is 33.9 Å². The normalized spacial score (nSPS) is 22.1. The van der Waals surface area contributed by atoms with Gasteiger partial charge in [0.05, 0.1) is 19.1 Å². The van der Waals surface area contributed by atoms with E-state index in [0.717, 1.165) is 11.2 Å². The molecule has 0 unspecified atom stereocenters. The molecule has 1 saturated heterocycles. The number of amides is 1. The first-order valence-electron chi connectivity index (χ1n) is 8.93. The lowest BCUT2D eigenvalue weighted by Crippen LogP contribution is -2.68. The summed E-state index contributed by atoms with van der Waals surface area (Å²) in [6.45, 7) is 15.3. The topological polar surface area (TPSA) is 90.0 Å². The van der Waals surface area contributed by atoms with Gasteiger partial charge in [0.15, 0.2) is 23.5 Å². The molecule has 1 amide bonds. The fourth-order valence-electron chi connectivity index (χ4n) is 2.97. The Morgan fingerprint density at radius 3 is 2.04 bits per heavy atom. The Labute approximate surface area is 164 Å². The molecule has 9 heteroatoms. The van der Waals surface area contributed by atoms with E-state index in [1.165, 1.54) is 7.11 Å². The molecule has 0 aromatic carbocycles. The highest BCUT2D eigenvalue weighted by Crippen LogP contribution is 2.42. The van der Waals surface area contributed by atoms with E-state index in [-0.39, 0.29) is 10.7 Å². The molecule has 0 bridgehead atoms. The predicted molar refractivity (Wildman–Crippen MR) is 107 cm³/mol. The molecule has 1 fully saturated rings. The lowest BCUT2D eigenvalue weighted by Gasteiger charge is -2.50. The van der Waals surface area contributed by atoms with Crippen LogP contribution >= 0.6 is 0 Å². The van der Waals surface area contributed by atoms with Crippen LogP contribution in [0.4, 0.5) is 0 Å². The number of ether oxygens (including phenoxy) is 1. The number of methoxy groups -OCH3 is 1. The minimum absolute atomic E-state index is 0.0197. The van der Waals surface area contributed by atoms with Crippen LogP contribution in [-0.2, 0) is 28.6 Å². The van der Waals surface area contributed by atoms with E-state index >= 15 is 0 Å². The molecular formula is C18H33NO6SSi. The summed E-state index contributed by atoms with van der Waals surface area (Å²) in [5.74, 6) is -2.01. The molecule has 27 heavy (non-hydrogen) atoms. The maximum absolute atomic E-state index is 12.9. The van der Waals surface area contributed by atoms with E-state index in [1.807, 2.05) is 0 Å². The third kappa shape index (κ3) is 4.63. The molecule has 0 spiro atoms. The summed E-state index contributed by atoms with van der Waals surface area (Å²) in [5, 5.41) is -1.22. The number of β-lactam (4-membered cyclic amide) rings is 1. The average molecular weight is 420 g/mol. The van der Waals surface area contributed by atoms with Crippen molar-refractivity contribution >= 4 is 30.0 Å². The maximum Gasteiger partial charge on any atom is 0.354 e. The first-order chi connectivity index (χ1) is 12.0. The number of carbonyl (C=O) groups is 2. The second kappa shape index (κ2) is 7.67. The van der Waals surface area contributed by atoms with Gasteiger partial charge in [0.2, 0.25) is 5.91 Å². The Kier molecular flexibility index (Phi) is 6.78. The van der Waals surface area contributed by atoms with Crippen LogP contribution in [0.2, 0.25) is 18.1 Å². The van der Waals surface area contributed by atoms with Crippen molar-refractivity contribution in [2.75, 3.05) is 13.4 Å². The lowest BCUT2D eigenvalue weighted by atomic mass is 9.91. The van der Waals surface area contributed by atoms with E-state index in [0.29, 0.717) is 5.57 Å². The van der Waals surface area contributed by atoms with Gasteiger partial charge >= 0.3 is 5.97 Å². The van der Waals surface area contributed by atoms with Crippen molar-refractivity contribution in [3.63, 3.8) is 0 Å². The number of likely N-dealkylation sites (tertiary alicyclic amines) is 1. The smallest absolute Gasteiger partial charge is 0.354 e. The van der Waals surface area contributed by atoms with Crippen LogP contribution in [0.3, 0.4) is 0 Å². The van der Waals surface area contributed by atoms with Crippen molar-refractivity contribution in [2.24, 2.45) is 5.92 Å². The van der Waals surface area contributed by atoms with Crippen LogP contribution in [0.5, 0.6) is 0 Å². The van der Waals surface area contributed by atoms with Crippen LogP contribution in [-0.4, -0.2) is 58.4 Å². The van der Waals surface area contributed by atoms with E-state index in [9.17, 15) is 18.0 Å². The summed E-state index contributed by atoms with van der Waals surface area (Å²) in [6, 6.07) is 0. The molecule has 7 nitrogen and oxygen atoms in total. The van der Waals surface area contributed by atoms with Crippen LogP contribution in [0.1, 0.15) is 41.5 Å². The highest BCUT2D eigenvalue weighted by atomic mass is 32.2. The average Bonchev–Trinajstić information content (AvgIpc) is 2.45. The lowest BCUT2D eigenvalue weighted by molar-refractivity contribution is -0.158. The highest BCUT2D eigenvalue weighted by Gasteiger charge is 2.59. The van der Waals surface area contributed by atoms with Gasteiger partial charge < -0.3 is 9.16 Å². The fraction of sp³-hybridized carbons (Fsp3) is 0.778. The van der Waals surface area contributed by atoms with Gasteiger partial charge in [-0.25, -0.2) is 13.2 Å². The molecule has 3 atom stereocenters. The van der Waals surface area contributed by atoms with Gasteiger partial charge in [0, 0.05) is 6.26 Å². The zero-order valence-corrected chi connectivity index (χ0v) is 19.9. The van der Waals surface area contributed by atoms with Crippen LogP contribution in [0, 0.1) is 5.92 Å². The molecule has 0 aromatic heterocycles. The van der Waals surface area contributed by atoms with E-state index < -0.39 is 47.4 Å². The Bertz CT molecular complexity index is 746. The van der Waals surface area contributed by atoms with Crippen LogP contribution < -0.4 is 0 Å². The molecule has 0 radical (unpaired) electrons. The largest absolute Gasteiger partial charge is 0.464 e. The SMILES string of the molecule is COC(=O)C(=C(C)C)N1C(=O)[C@@H]([C@@H](C)O[Si](C)(C)C(C)(C)C)[C@H]1S(C)(=O)=O. The molecule has 0 N–H and O–H groups in total. The van der Waals surface area contributed by atoms with Crippen molar-refractivity contribution in [2.45, 2.75) is 71.2 Å². The number of hydrogen-bond acceptors (Lipinski definition) is 6. The summed E-state index contributed by atoms with van der Waals surface area (Å²) in [7, 11) is -4.66. The summed E-state index contributed by atoms with van der Waals surface area (Å²) >= 11 is 0. The maximum atomic E-state index is 12.9. The van der Waals surface area contributed by atoms with Crippen molar-refractivity contribution in [1.29, 1.82) is 0 Å². The minimum Gasteiger partial charge on any atom is -0.464 e. The Morgan fingerprint density at radius 2 is 1.70 bits per heavy atom. The zero-order valence-electron chi connectivity index (χ0n) is 18.0. The van der Waals surface area contributed by atoms with E-state index in [1.54, 1.807) is 20.8 Å². The first kappa shape index (κ1) is 23.8. The fourth-order valence-corrected chi connectivity index (χ4v) is 5.86. The Balaban J connectivity index is 3.31. The van der Waals surface area contributed by atoms with Crippen molar-refractivity contribution in [3.8, 4) is 0 Å². The number of hydrogen-bond donors (Lipinski definition) is 0. The van der Waals surface area contributed by atoms with E-state index in [4.69, 9.17) is 9.16 Å². The number of nitrogens with zero attached hydrogens (tertiary/aromatic N) is 1. The van der Waals surface area contributed by atoms with Crippen molar-refractivity contribution in [3.05, 3.63) is 11.3 Å². The molecular weight excluding hydrogens is 386 g/mol. The number of allylic oxidation sites excluding steroid dienone is 1. The Morgan fingerprint density at radius 1 is 1.22 bits per heavy atom. The molecule has 1 aliphatic heterocycles. The Hall–Kier alpha value is -1.19. The van der Waals surface area contributed by atoms with Crippen molar-refractivity contribution in [1.82, 2.24) is 4.90 Å². The second-order valence-corrected chi connectivity index (χ2v) is 15.8. The van der Waals surface area contributed by atoms with Gasteiger partial charge in [-0.05, 0) is 44.5 Å². The van der Waals surface area contributed by atoms with Gasteiger partial charge in [-0.1, -0.05) is 20.8 Å². The van der Waals surface area contributed by atoms with Gasteiger partial charge in [-0.3, -0.25) is 9.69 Å². The summed E-state index contributed by atoms with van der Waals surface area (Å²) in [5.41, 5.74) is 0.494. The summed E-state index contributed by atoms with van der Waals surface area (Å²) < 4.78 is 36.0. The number of rotatable bonds is 6. The number of sulfone groups is 1. The molecule has 1 heterocycles. The second-order valence-electron chi connectivity index (χ2n) is 8.88. The molecule has 0 aliphatic carbocycles. The third-order valence-corrected chi connectivity index (χ3v) is 11.4. The first-order valence-corrected chi connectivity index (χ1v) is 13.8. The third-order valence-electron chi connectivity index (χ3n) is 5.41. The van der Waals surface area contributed by atoms with Gasteiger partial charge in [0.1, 0.15) is 5.70 Å². The quantitative estimate of drug-likeness (QED) is 0.285. The standard InChI is InChI=1S/C18H33NO6SSi/c1-11(2)14(17(21)24-7)19-15(20)13(16(19)26(8,22)23)12(3)25-27(9,10)18(4,5)6/h12-13,16H,1-10H3/t12-,13-,16-/m1/s1. The molecule has 156 valence electrons. The molecule has 1 rings (SSSR count). The minimum atomic E-state index is -3.66. The van der Waals surface area contributed by atoms with Gasteiger partial charge in [-0.2, -0.15) is 0 Å². The van der Waals surface area contributed by atoms with Crippen LogP contribution in [0.15, 0.2) is 11.3 Å². The van der Waals surface area contributed by atoms with Gasteiger partial charge in [-0.15, -0.1) is 0 Å².